The number of fused-ring (bicyclic) bond motifs is 1. The number of ketones is 1. The second-order valence-electron chi connectivity index (χ2n) is 9.11. The summed E-state index contributed by atoms with van der Waals surface area (Å²) >= 11 is 0. The molecule has 2 aromatic rings. The first-order chi connectivity index (χ1) is 16.7. The summed E-state index contributed by atoms with van der Waals surface area (Å²) in [5, 5.41) is 2.57. The zero-order valence-corrected chi connectivity index (χ0v) is 20.3. The Morgan fingerprint density at radius 2 is 2.09 bits per heavy atom. The van der Waals surface area contributed by atoms with Gasteiger partial charge in [0.1, 0.15) is 12.1 Å². The molecule has 11 nitrogen and oxygen atoms in total. The first-order valence-corrected chi connectivity index (χ1v) is 13.0. The molecule has 2 amide bonds. The lowest BCUT2D eigenvalue weighted by Crippen LogP contribution is -2.53. The van der Waals surface area contributed by atoms with Crippen molar-refractivity contribution < 1.29 is 32.0 Å². The van der Waals surface area contributed by atoms with E-state index in [0.717, 1.165) is 0 Å². The van der Waals surface area contributed by atoms with Gasteiger partial charge in [-0.05, 0) is 36.5 Å². The van der Waals surface area contributed by atoms with Gasteiger partial charge in [-0.2, -0.15) is 4.31 Å². The van der Waals surface area contributed by atoms with Gasteiger partial charge in [-0.1, -0.05) is 19.9 Å². The monoisotopic (exact) mass is 504 g/mol. The minimum Gasteiger partial charge on any atom is -0.434 e. The van der Waals surface area contributed by atoms with E-state index in [0.29, 0.717) is 18.4 Å². The Kier molecular flexibility index (Phi) is 7.22. The third-order valence-electron chi connectivity index (χ3n) is 6.08. The maximum Gasteiger partial charge on any atom is 0.415 e. The first-order valence-electron chi connectivity index (χ1n) is 11.4. The number of likely N-dealkylation sites (tertiary alicyclic amines) is 1. The Bertz CT molecular complexity index is 1170. The van der Waals surface area contributed by atoms with Crippen LogP contribution in [0.15, 0.2) is 47.3 Å². The van der Waals surface area contributed by atoms with Gasteiger partial charge < -0.3 is 19.4 Å². The number of furan rings is 1. The predicted octanol–water partition coefficient (Wildman–Crippen LogP) is 1.56. The van der Waals surface area contributed by atoms with Gasteiger partial charge >= 0.3 is 6.09 Å². The molecule has 4 rings (SSSR count). The van der Waals surface area contributed by atoms with Gasteiger partial charge in [0.15, 0.2) is 5.78 Å². The van der Waals surface area contributed by atoms with Crippen LogP contribution in [0.3, 0.4) is 0 Å². The molecule has 0 aliphatic carbocycles. The smallest absolute Gasteiger partial charge is 0.415 e. The third kappa shape index (κ3) is 5.54. The van der Waals surface area contributed by atoms with Gasteiger partial charge in [-0.3, -0.25) is 14.6 Å². The topological polar surface area (TPSA) is 139 Å². The quantitative estimate of drug-likeness (QED) is 0.571. The Labute approximate surface area is 203 Å². The molecule has 0 aromatic carbocycles. The van der Waals surface area contributed by atoms with Gasteiger partial charge in [0.2, 0.25) is 15.9 Å². The molecule has 0 saturated carbocycles. The maximum atomic E-state index is 13.5. The molecule has 2 fully saturated rings. The van der Waals surface area contributed by atoms with Crippen LogP contribution < -0.4 is 10.1 Å². The lowest BCUT2D eigenvalue weighted by Gasteiger charge is -2.28. The van der Waals surface area contributed by atoms with Crippen LogP contribution in [0.2, 0.25) is 0 Å². The van der Waals surface area contributed by atoms with Crippen molar-refractivity contribution in [2.45, 2.75) is 50.6 Å². The van der Waals surface area contributed by atoms with Crippen LogP contribution in [-0.2, 0) is 25.4 Å². The molecule has 3 unspecified atom stereocenters. The Morgan fingerprint density at radius 1 is 1.29 bits per heavy atom. The van der Waals surface area contributed by atoms with Gasteiger partial charge in [-0.15, -0.1) is 0 Å². The summed E-state index contributed by atoms with van der Waals surface area (Å²) in [5.41, 5.74) is 0.519. The van der Waals surface area contributed by atoms with Crippen molar-refractivity contribution in [3.8, 4) is 5.95 Å². The lowest BCUT2D eigenvalue weighted by atomic mass is 10.0. The van der Waals surface area contributed by atoms with Gasteiger partial charge in [0.25, 0.3) is 5.95 Å². The van der Waals surface area contributed by atoms with Crippen LogP contribution in [-0.4, -0.2) is 71.6 Å². The standard InChI is InChI=1S/C23H28N4O7S/c1-15(2)11-17(25-23(30)34-20-6-4-10-33-20)22(29)26-9-7-18-21(26)19(28)13-27(18)35(31,32)14-16-5-3-8-24-12-16/h3-6,8,10,12,15,17-18,21H,7,9,11,13-14H2,1-2H3,(H,25,30). The second-order valence-corrected chi connectivity index (χ2v) is 11.0. The van der Waals surface area contributed by atoms with E-state index in [9.17, 15) is 22.8 Å². The zero-order valence-electron chi connectivity index (χ0n) is 19.5. The van der Waals surface area contributed by atoms with Crippen molar-refractivity contribution in [1.82, 2.24) is 19.5 Å². The first kappa shape index (κ1) is 24.9. The number of carbonyl (C=O) groups is 3. The molecule has 0 radical (unpaired) electrons. The van der Waals surface area contributed by atoms with Crippen molar-refractivity contribution in [2.75, 3.05) is 13.1 Å². The Hall–Kier alpha value is -3.25. The minimum atomic E-state index is -3.80. The van der Waals surface area contributed by atoms with Gasteiger partial charge in [-0.25, -0.2) is 13.2 Å². The van der Waals surface area contributed by atoms with Crippen LogP contribution in [0, 0.1) is 5.92 Å². The van der Waals surface area contributed by atoms with Crippen molar-refractivity contribution in [3.63, 3.8) is 0 Å². The number of carbonyl (C=O) groups excluding carboxylic acids is 3. The fraction of sp³-hybridized carbons (Fsp3) is 0.478. The molecule has 1 N–H and O–H groups in total. The fourth-order valence-corrected chi connectivity index (χ4v) is 6.35. The molecular weight excluding hydrogens is 476 g/mol. The summed E-state index contributed by atoms with van der Waals surface area (Å²) in [6.07, 6.45) is 4.17. The summed E-state index contributed by atoms with van der Waals surface area (Å²) in [7, 11) is -3.80. The molecule has 0 bridgehead atoms. The minimum absolute atomic E-state index is 0.0140. The number of pyridine rings is 1. The highest BCUT2D eigenvalue weighted by Gasteiger charge is 2.54. The lowest BCUT2D eigenvalue weighted by molar-refractivity contribution is -0.138. The number of nitrogens with one attached hydrogen (secondary N) is 1. The Balaban J connectivity index is 1.48. The van der Waals surface area contributed by atoms with Crippen LogP contribution in [0.1, 0.15) is 32.3 Å². The average Bonchev–Trinajstić information content (AvgIpc) is 3.52. The molecule has 2 aliphatic rings. The normalized spacial score (nSPS) is 21.2. The number of ether oxygens (including phenoxy) is 1. The molecule has 3 atom stereocenters. The second kappa shape index (κ2) is 10.2. The molecule has 0 spiro atoms. The number of aromatic nitrogens is 1. The van der Waals surface area contributed by atoms with Crippen molar-refractivity contribution in [3.05, 3.63) is 48.5 Å². The van der Waals surface area contributed by atoms with Crippen molar-refractivity contribution in [2.24, 2.45) is 5.92 Å². The van der Waals surface area contributed by atoms with E-state index in [1.165, 1.54) is 27.7 Å². The molecule has 35 heavy (non-hydrogen) atoms. The summed E-state index contributed by atoms with van der Waals surface area (Å²) < 4.78 is 37.5. The van der Waals surface area contributed by atoms with Crippen molar-refractivity contribution >= 4 is 27.8 Å². The third-order valence-corrected chi connectivity index (χ3v) is 7.89. The molecular formula is C23H28N4O7S. The molecule has 4 heterocycles. The highest BCUT2D eigenvalue weighted by atomic mass is 32.2. The summed E-state index contributed by atoms with van der Waals surface area (Å²) in [4.78, 5) is 44.1. The number of hydrogen-bond acceptors (Lipinski definition) is 8. The summed E-state index contributed by atoms with van der Waals surface area (Å²) in [5.74, 6) is -1.01. The summed E-state index contributed by atoms with van der Waals surface area (Å²) in [6, 6.07) is 3.87. The average molecular weight is 505 g/mol. The number of nitrogens with zero attached hydrogens (tertiary/aromatic N) is 3. The highest BCUT2D eigenvalue weighted by Crippen LogP contribution is 2.33. The van der Waals surface area contributed by atoms with Crippen LogP contribution in [0.4, 0.5) is 4.79 Å². The van der Waals surface area contributed by atoms with E-state index in [-0.39, 0.29) is 36.5 Å². The summed E-state index contributed by atoms with van der Waals surface area (Å²) in [6.45, 7) is 3.73. The van der Waals surface area contributed by atoms with Crippen molar-refractivity contribution in [1.29, 1.82) is 0 Å². The Morgan fingerprint density at radius 3 is 2.74 bits per heavy atom. The molecule has 12 heteroatoms. The molecule has 2 aromatic heterocycles. The van der Waals surface area contributed by atoms with E-state index in [4.69, 9.17) is 9.15 Å². The number of Topliss-reactive ketones (excluding diaryl/α,β-unsaturated/α-hetero) is 1. The maximum absolute atomic E-state index is 13.5. The zero-order chi connectivity index (χ0) is 25.2. The molecule has 188 valence electrons. The highest BCUT2D eigenvalue weighted by molar-refractivity contribution is 7.88. The molecule has 2 aliphatic heterocycles. The number of hydrogen-bond donors (Lipinski definition) is 1. The SMILES string of the molecule is CC(C)CC(NC(=O)Oc1ccco1)C(=O)N1CCC2C1C(=O)CN2S(=O)(=O)Cc1cccnc1. The predicted molar refractivity (Wildman–Crippen MR) is 124 cm³/mol. The number of amides is 2. The van der Waals surface area contributed by atoms with Crippen LogP contribution >= 0.6 is 0 Å². The van der Waals surface area contributed by atoms with Gasteiger partial charge in [0, 0.05) is 25.0 Å². The number of sulfonamides is 1. The van der Waals surface area contributed by atoms with E-state index >= 15 is 0 Å². The van der Waals surface area contributed by atoms with Crippen LogP contribution in [0.5, 0.6) is 5.95 Å². The largest absolute Gasteiger partial charge is 0.434 e. The van der Waals surface area contributed by atoms with Crippen LogP contribution in [0.25, 0.3) is 0 Å². The van der Waals surface area contributed by atoms with E-state index in [2.05, 4.69) is 10.3 Å². The molecule has 2 saturated heterocycles. The number of rotatable bonds is 8. The van der Waals surface area contributed by atoms with E-state index < -0.39 is 40.1 Å². The van der Waals surface area contributed by atoms with E-state index in [1.807, 2.05) is 13.8 Å². The van der Waals surface area contributed by atoms with Gasteiger partial charge in [0.05, 0.1) is 24.6 Å². The fourth-order valence-electron chi connectivity index (χ4n) is 4.64. The van der Waals surface area contributed by atoms with E-state index in [1.54, 1.807) is 24.4 Å².